The summed E-state index contributed by atoms with van der Waals surface area (Å²) in [7, 11) is 2.03. The van der Waals surface area contributed by atoms with Crippen molar-refractivity contribution in [3.05, 3.63) is 70.5 Å². The second-order valence-corrected chi connectivity index (χ2v) is 12.0. The SMILES string of the molecule is C=C.C=C(S/C(C)=C\C)B1CCCC1.C=O.CCC.C[C@@H](Cc1cc2ccnc(N)c2cc1Cl)N(C)CCC(N)C=O.O=CO. The number of rotatable bonds is 10. The highest BCUT2D eigenvalue weighted by Crippen LogP contribution is 2.33. The van der Waals surface area contributed by atoms with Crippen LogP contribution in [0, 0.1) is 0 Å². The monoisotopic (exact) mass is 662 g/mol. The standard InChI is InChI=1S/C17H23ClN4O.C10H17BS.C3H8.C2H4.CH2O2.CH2O/c1-11(22(2)6-4-14(19)10-23)7-13-8-12-3-5-21-17(20)15(12)9-16(13)18;1-4-9(2)12-10(3)11-7-5-6-8-11;1-3-2;1-2;2-1-3;1-2/h3,5,8-11,14H,4,6-7,19H2,1-2H3,(H2,20,21);4H,3,5-8H2,1-2H3;3H2,1-2H3;1-2H2;1H,(H,2,3);1H2/b;9-4-;;;;/t11-,14?;;;;;/m0...../s1. The lowest BCUT2D eigenvalue weighted by Crippen LogP contribution is -2.35. The van der Waals surface area contributed by atoms with Crippen LogP contribution in [-0.4, -0.2) is 66.9 Å². The van der Waals surface area contributed by atoms with Gasteiger partial charge in [-0.2, -0.15) is 0 Å². The Morgan fingerprint density at radius 2 is 1.76 bits per heavy atom. The normalized spacial score (nSPS) is 13.0. The van der Waals surface area contributed by atoms with Gasteiger partial charge in [0.1, 0.15) is 18.9 Å². The molecule has 2 aromatic rings. The number of aldehydes is 1. The number of hydrogen-bond donors (Lipinski definition) is 3. The number of carbonyl (C=O) groups excluding carboxylic acids is 2. The Balaban J connectivity index is -0.000000670. The number of carbonyl (C=O) groups is 3. The minimum Gasteiger partial charge on any atom is -0.483 e. The molecule has 1 aliphatic heterocycles. The van der Waals surface area contributed by atoms with E-state index < -0.39 is 6.04 Å². The van der Waals surface area contributed by atoms with Crippen LogP contribution < -0.4 is 11.5 Å². The molecule has 2 heterocycles. The molecule has 0 amide bonds. The van der Waals surface area contributed by atoms with Crippen LogP contribution in [-0.2, 0) is 20.8 Å². The minimum absolute atomic E-state index is 0.250. The van der Waals surface area contributed by atoms with Gasteiger partial charge in [0.05, 0.1) is 6.04 Å². The molecule has 0 radical (unpaired) electrons. The lowest BCUT2D eigenvalue weighted by atomic mass is 9.48. The van der Waals surface area contributed by atoms with E-state index in [0.717, 1.165) is 42.3 Å². The summed E-state index contributed by atoms with van der Waals surface area (Å²) in [4.78, 5) is 36.0. The van der Waals surface area contributed by atoms with E-state index in [1.807, 2.05) is 37.7 Å². The second kappa shape index (κ2) is 29.8. The average molecular weight is 663 g/mol. The van der Waals surface area contributed by atoms with Gasteiger partial charge in [0.25, 0.3) is 6.47 Å². The van der Waals surface area contributed by atoms with E-state index in [9.17, 15) is 4.79 Å². The maximum absolute atomic E-state index is 10.6. The molecular formula is C34H56BClN4O4S. The molecule has 0 spiro atoms. The molecule has 0 aliphatic carbocycles. The van der Waals surface area contributed by atoms with E-state index in [0.29, 0.717) is 17.3 Å². The molecule has 1 aliphatic rings. The van der Waals surface area contributed by atoms with Crippen molar-refractivity contribution in [2.45, 2.75) is 91.4 Å². The van der Waals surface area contributed by atoms with Crippen molar-refractivity contribution in [3.8, 4) is 0 Å². The summed E-state index contributed by atoms with van der Waals surface area (Å²) in [6.45, 7) is 24.1. The smallest absolute Gasteiger partial charge is 0.290 e. The summed E-state index contributed by atoms with van der Waals surface area (Å²) in [5, 5.41) is 9.50. The van der Waals surface area contributed by atoms with E-state index in [-0.39, 0.29) is 12.5 Å². The van der Waals surface area contributed by atoms with Crippen LogP contribution in [0.3, 0.4) is 0 Å². The fourth-order valence-corrected chi connectivity index (χ4v) is 5.31. The number of aromatic nitrogens is 1. The Labute approximate surface area is 281 Å². The van der Waals surface area contributed by atoms with Gasteiger partial charge in [-0.05, 0) is 74.7 Å². The van der Waals surface area contributed by atoms with E-state index in [1.165, 1.54) is 41.6 Å². The Morgan fingerprint density at radius 1 is 1.22 bits per heavy atom. The van der Waals surface area contributed by atoms with E-state index >= 15 is 0 Å². The molecule has 1 unspecified atom stereocenters. The number of anilines is 1. The fraction of sp³-hybridized carbons (Fsp3) is 0.471. The largest absolute Gasteiger partial charge is 0.483 e. The summed E-state index contributed by atoms with van der Waals surface area (Å²) in [6.07, 6.45) is 12.9. The Bertz CT molecular complexity index is 1130. The molecule has 8 nitrogen and oxygen atoms in total. The highest BCUT2D eigenvalue weighted by molar-refractivity contribution is 8.08. The zero-order valence-corrected chi connectivity index (χ0v) is 29.8. The van der Waals surface area contributed by atoms with Crippen LogP contribution in [0.5, 0.6) is 0 Å². The first kappa shape index (κ1) is 46.5. The van der Waals surface area contributed by atoms with Gasteiger partial charge in [0, 0.05) is 29.2 Å². The molecule has 1 saturated heterocycles. The number of halogens is 1. The van der Waals surface area contributed by atoms with Crippen molar-refractivity contribution in [2.75, 3.05) is 19.3 Å². The van der Waals surface area contributed by atoms with Gasteiger partial charge in [-0.25, -0.2) is 4.98 Å². The van der Waals surface area contributed by atoms with Gasteiger partial charge in [-0.15, -0.1) is 24.9 Å². The quantitative estimate of drug-likeness (QED) is 0.131. The summed E-state index contributed by atoms with van der Waals surface area (Å²) in [5.74, 6) is 0.490. The molecule has 1 aromatic carbocycles. The number of nitrogens with two attached hydrogens (primary N) is 2. The molecule has 252 valence electrons. The molecule has 5 N–H and O–H groups in total. The number of pyridine rings is 1. The lowest BCUT2D eigenvalue weighted by molar-refractivity contribution is -0.122. The number of benzene rings is 1. The van der Waals surface area contributed by atoms with Gasteiger partial charge in [-0.1, -0.05) is 74.8 Å². The molecule has 1 aromatic heterocycles. The molecule has 0 bridgehead atoms. The summed E-state index contributed by atoms with van der Waals surface area (Å²) < 4.78 is 0. The third-order valence-corrected chi connectivity index (χ3v) is 8.23. The lowest BCUT2D eigenvalue weighted by Gasteiger charge is -2.25. The van der Waals surface area contributed by atoms with E-state index in [1.54, 1.807) is 6.20 Å². The van der Waals surface area contributed by atoms with Crippen molar-refractivity contribution in [1.82, 2.24) is 9.88 Å². The van der Waals surface area contributed by atoms with E-state index in [2.05, 4.69) is 76.4 Å². The van der Waals surface area contributed by atoms with Crippen molar-refractivity contribution in [2.24, 2.45) is 5.73 Å². The molecule has 0 saturated carbocycles. The summed E-state index contributed by atoms with van der Waals surface area (Å²) >= 11 is 8.27. The summed E-state index contributed by atoms with van der Waals surface area (Å²) in [5.41, 5.74) is 12.6. The molecular weight excluding hydrogens is 607 g/mol. The van der Waals surface area contributed by atoms with Crippen LogP contribution >= 0.6 is 23.4 Å². The van der Waals surface area contributed by atoms with Crippen LogP contribution in [0.15, 0.2) is 59.9 Å². The predicted molar refractivity (Wildman–Crippen MR) is 199 cm³/mol. The number of nitrogens with zero attached hydrogens (tertiary/aromatic N) is 2. The number of likely N-dealkylation sites (N-methyl/N-ethyl adjacent to an activating group) is 1. The molecule has 11 heteroatoms. The zero-order valence-electron chi connectivity index (χ0n) is 28.3. The van der Waals surface area contributed by atoms with Crippen LogP contribution in [0.1, 0.15) is 65.9 Å². The maximum Gasteiger partial charge on any atom is 0.290 e. The average Bonchev–Trinajstić information content (AvgIpc) is 3.59. The third kappa shape index (κ3) is 20.7. The zero-order chi connectivity index (χ0) is 35.4. The number of fused-ring (bicyclic) bond motifs is 1. The van der Waals surface area contributed by atoms with Crippen LogP contribution in [0.25, 0.3) is 10.8 Å². The Hall–Kier alpha value is -2.92. The Morgan fingerprint density at radius 3 is 2.24 bits per heavy atom. The highest BCUT2D eigenvalue weighted by Gasteiger charge is 2.22. The van der Waals surface area contributed by atoms with Crippen molar-refractivity contribution in [1.29, 1.82) is 0 Å². The van der Waals surface area contributed by atoms with Crippen LogP contribution in [0.2, 0.25) is 17.7 Å². The van der Waals surface area contributed by atoms with Crippen molar-refractivity contribution in [3.63, 3.8) is 0 Å². The van der Waals surface area contributed by atoms with Gasteiger partial charge in [0.2, 0.25) is 0 Å². The van der Waals surface area contributed by atoms with Gasteiger partial charge in [-0.3, -0.25) is 4.79 Å². The van der Waals surface area contributed by atoms with Crippen molar-refractivity contribution >= 4 is 66.2 Å². The first-order chi connectivity index (χ1) is 21.5. The Kier molecular flexibility index (Phi) is 30.8. The molecule has 2 atom stereocenters. The predicted octanol–water partition coefficient (Wildman–Crippen LogP) is 7.97. The van der Waals surface area contributed by atoms with Crippen molar-refractivity contribution < 1.29 is 19.5 Å². The number of hydrogen-bond acceptors (Lipinski definition) is 8. The molecule has 1 fully saturated rings. The topological polar surface area (TPSA) is 140 Å². The number of thioether (sulfide) groups is 1. The molecule has 45 heavy (non-hydrogen) atoms. The van der Waals surface area contributed by atoms with E-state index in [4.69, 9.17) is 37.8 Å². The number of carboxylic acid groups (broad SMARTS) is 1. The molecule has 3 rings (SSSR count). The summed E-state index contributed by atoms with van der Waals surface area (Å²) in [6, 6.07) is 5.76. The minimum atomic E-state index is -0.399. The number of nitrogen functional groups attached to an aromatic ring is 1. The second-order valence-electron chi connectivity index (χ2n) is 10.2. The first-order valence-corrected chi connectivity index (χ1v) is 16.3. The first-order valence-electron chi connectivity index (χ1n) is 15.1. The van der Waals surface area contributed by atoms with Gasteiger partial charge >= 0.3 is 0 Å². The maximum atomic E-state index is 10.6. The number of allylic oxidation sites excluding steroid dienone is 2. The van der Waals surface area contributed by atoms with Gasteiger partial charge < -0.3 is 31.1 Å². The van der Waals surface area contributed by atoms with Crippen LogP contribution in [0.4, 0.5) is 5.82 Å². The fourth-order valence-electron chi connectivity index (χ4n) is 4.13. The van der Waals surface area contributed by atoms with Gasteiger partial charge in [0.15, 0.2) is 6.71 Å². The highest BCUT2D eigenvalue weighted by atomic mass is 35.5. The third-order valence-electron chi connectivity index (χ3n) is 6.73.